The number of carbonyl (C=O) groups excluding carboxylic acids is 2. The second-order valence-electron chi connectivity index (χ2n) is 7.30. The largest absolute Gasteiger partial charge is 0.444 e. The van der Waals surface area contributed by atoms with E-state index in [-0.39, 0.29) is 23.6 Å². The summed E-state index contributed by atoms with van der Waals surface area (Å²) in [7, 11) is 0. The Labute approximate surface area is 162 Å². The molecule has 0 spiro atoms. The van der Waals surface area contributed by atoms with E-state index in [2.05, 4.69) is 15.4 Å². The van der Waals surface area contributed by atoms with Crippen molar-refractivity contribution in [3.8, 4) is 0 Å². The molecule has 0 saturated heterocycles. The van der Waals surface area contributed by atoms with Crippen molar-refractivity contribution >= 4 is 22.9 Å². The number of ether oxygens (including phenoxy) is 1. The fourth-order valence-corrected chi connectivity index (χ4v) is 3.01. The van der Waals surface area contributed by atoms with E-state index in [0.717, 1.165) is 18.2 Å². The number of rotatable bonds is 6. The van der Waals surface area contributed by atoms with Crippen LogP contribution >= 0.6 is 0 Å². The summed E-state index contributed by atoms with van der Waals surface area (Å²) >= 11 is 0. The standard InChI is InChI=1S/C21H22N4O3/c1-13(2)25-19-15(12-23-25)10-16(11-22-19)21(27)28-18(14-6-4-3-5-7-14)20(26)24-17-8-9-17/h3-7,10-13,17-18H,8-9H2,1-2H3,(H,24,26)/t18-/m0/s1. The van der Waals surface area contributed by atoms with Crippen molar-refractivity contribution in [2.24, 2.45) is 0 Å². The molecule has 0 bridgehead atoms. The summed E-state index contributed by atoms with van der Waals surface area (Å²) in [5.41, 5.74) is 1.63. The first-order valence-corrected chi connectivity index (χ1v) is 9.42. The molecule has 3 aromatic rings. The number of hydrogen-bond acceptors (Lipinski definition) is 5. The molecule has 7 nitrogen and oxygen atoms in total. The smallest absolute Gasteiger partial charge is 0.340 e. The van der Waals surface area contributed by atoms with Crippen molar-refractivity contribution < 1.29 is 14.3 Å². The first-order chi connectivity index (χ1) is 13.5. The third-order valence-electron chi connectivity index (χ3n) is 4.65. The lowest BCUT2D eigenvalue weighted by atomic mass is 10.1. The Morgan fingerprint density at radius 1 is 1.18 bits per heavy atom. The fourth-order valence-electron chi connectivity index (χ4n) is 3.01. The topological polar surface area (TPSA) is 86.1 Å². The molecule has 144 valence electrons. The zero-order chi connectivity index (χ0) is 19.7. The Morgan fingerprint density at radius 2 is 1.93 bits per heavy atom. The predicted molar refractivity (Wildman–Crippen MR) is 104 cm³/mol. The van der Waals surface area contributed by atoms with Gasteiger partial charge in [0.25, 0.3) is 5.91 Å². The highest BCUT2D eigenvalue weighted by Crippen LogP contribution is 2.25. The highest BCUT2D eigenvalue weighted by atomic mass is 16.5. The fraction of sp³-hybridized carbons (Fsp3) is 0.333. The molecular formula is C21H22N4O3. The van der Waals surface area contributed by atoms with Crippen LogP contribution in [0.15, 0.2) is 48.8 Å². The minimum atomic E-state index is -0.997. The average Bonchev–Trinajstić information content (AvgIpc) is 3.40. The van der Waals surface area contributed by atoms with E-state index < -0.39 is 12.1 Å². The van der Waals surface area contributed by atoms with Crippen LogP contribution in [0.4, 0.5) is 0 Å². The molecule has 28 heavy (non-hydrogen) atoms. The van der Waals surface area contributed by atoms with E-state index in [1.165, 1.54) is 6.20 Å². The number of amides is 1. The second kappa shape index (κ2) is 7.42. The van der Waals surface area contributed by atoms with E-state index in [9.17, 15) is 9.59 Å². The van der Waals surface area contributed by atoms with Crippen molar-refractivity contribution in [3.63, 3.8) is 0 Å². The van der Waals surface area contributed by atoms with Crippen LogP contribution in [0.5, 0.6) is 0 Å². The Morgan fingerprint density at radius 3 is 2.61 bits per heavy atom. The summed E-state index contributed by atoms with van der Waals surface area (Å²) in [6.45, 7) is 4.03. The Kier molecular flexibility index (Phi) is 4.81. The average molecular weight is 378 g/mol. The van der Waals surface area contributed by atoms with Crippen molar-refractivity contribution in [1.29, 1.82) is 0 Å². The van der Waals surface area contributed by atoms with Gasteiger partial charge in [-0.15, -0.1) is 0 Å². The van der Waals surface area contributed by atoms with Crippen LogP contribution in [-0.4, -0.2) is 32.7 Å². The molecule has 2 aromatic heterocycles. The summed E-state index contributed by atoms with van der Waals surface area (Å²) in [6, 6.07) is 11.1. The second-order valence-corrected chi connectivity index (χ2v) is 7.30. The van der Waals surface area contributed by atoms with Crippen molar-refractivity contribution in [1.82, 2.24) is 20.1 Å². The first-order valence-electron chi connectivity index (χ1n) is 9.42. The van der Waals surface area contributed by atoms with Crippen LogP contribution in [0.25, 0.3) is 11.0 Å². The van der Waals surface area contributed by atoms with Crippen LogP contribution in [-0.2, 0) is 9.53 Å². The Hall–Kier alpha value is -3.22. The van der Waals surface area contributed by atoms with Crippen LogP contribution < -0.4 is 5.32 Å². The normalized spacial score (nSPS) is 14.8. The minimum absolute atomic E-state index is 0.163. The Bertz CT molecular complexity index is 1010. The van der Waals surface area contributed by atoms with E-state index in [4.69, 9.17) is 4.74 Å². The molecule has 1 atom stereocenters. The third-order valence-corrected chi connectivity index (χ3v) is 4.65. The lowest BCUT2D eigenvalue weighted by Crippen LogP contribution is -2.33. The Balaban J connectivity index is 1.58. The summed E-state index contributed by atoms with van der Waals surface area (Å²) in [4.78, 5) is 29.7. The first kappa shape index (κ1) is 18.2. The van der Waals surface area contributed by atoms with Crippen molar-refractivity contribution in [3.05, 3.63) is 59.9 Å². The molecule has 1 aliphatic rings. The predicted octanol–water partition coefficient (Wildman–Crippen LogP) is 3.19. The molecular weight excluding hydrogens is 356 g/mol. The molecule has 0 radical (unpaired) electrons. The number of esters is 1. The van der Waals surface area contributed by atoms with Crippen molar-refractivity contribution in [2.75, 3.05) is 0 Å². The van der Waals surface area contributed by atoms with Crippen LogP contribution in [0.3, 0.4) is 0 Å². The zero-order valence-electron chi connectivity index (χ0n) is 15.8. The highest BCUT2D eigenvalue weighted by molar-refractivity contribution is 5.95. The van der Waals surface area contributed by atoms with Gasteiger partial charge in [-0.3, -0.25) is 4.79 Å². The summed E-state index contributed by atoms with van der Waals surface area (Å²) in [5.74, 6) is -0.893. The molecule has 1 aliphatic carbocycles. The molecule has 7 heteroatoms. The van der Waals surface area contributed by atoms with E-state index >= 15 is 0 Å². The molecule has 4 rings (SSSR count). The van der Waals surface area contributed by atoms with Crippen LogP contribution in [0, 0.1) is 0 Å². The van der Waals surface area contributed by atoms with E-state index in [1.807, 2.05) is 32.0 Å². The van der Waals surface area contributed by atoms with Gasteiger partial charge >= 0.3 is 5.97 Å². The summed E-state index contributed by atoms with van der Waals surface area (Å²) < 4.78 is 7.39. The maximum absolute atomic E-state index is 12.7. The molecule has 1 N–H and O–H groups in total. The van der Waals surface area contributed by atoms with Gasteiger partial charge in [0.15, 0.2) is 5.65 Å². The number of aromatic nitrogens is 3. The number of carbonyl (C=O) groups is 2. The summed E-state index contributed by atoms with van der Waals surface area (Å²) in [5, 5.41) is 7.97. The number of pyridine rings is 1. The molecule has 1 amide bonds. The molecule has 0 aliphatic heterocycles. The van der Waals surface area contributed by atoms with Gasteiger partial charge in [-0.2, -0.15) is 5.10 Å². The van der Waals surface area contributed by atoms with Crippen LogP contribution in [0.1, 0.15) is 54.8 Å². The van der Waals surface area contributed by atoms with Gasteiger partial charge in [-0.1, -0.05) is 30.3 Å². The molecule has 1 aromatic carbocycles. The third kappa shape index (κ3) is 3.74. The van der Waals surface area contributed by atoms with Gasteiger partial charge in [-0.25, -0.2) is 14.5 Å². The maximum atomic E-state index is 12.7. The van der Waals surface area contributed by atoms with Gasteiger partial charge in [0.2, 0.25) is 6.10 Å². The molecule has 0 unspecified atom stereocenters. The quantitative estimate of drug-likeness (QED) is 0.666. The zero-order valence-corrected chi connectivity index (χ0v) is 15.8. The number of benzene rings is 1. The van der Waals surface area contributed by atoms with Crippen molar-refractivity contribution in [2.45, 2.75) is 44.9 Å². The molecule has 1 saturated carbocycles. The number of nitrogens with one attached hydrogen (secondary N) is 1. The lowest BCUT2D eigenvalue weighted by molar-refractivity contribution is -0.130. The molecule has 2 heterocycles. The highest BCUT2D eigenvalue weighted by Gasteiger charge is 2.31. The molecule has 1 fully saturated rings. The SMILES string of the molecule is CC(C)n1ncc2cc(C(=O)O[C@H](C(=O)NC3CC3)c3ccccc3)cnc21. The van der Waals surface area contributed by atoms with Gasteiger partial charge < -0.3 is 10.1 Å². The summed E-state index contributed by atoms with van der Waals surface area (Å²) in [6.07, 6.45) is 4.06. The monoisotopic (exact) mass is 378 g/mol. The van der Waals surface area contributed by atoms with E-state index in [0.29, 0.717) is 11.2 Å². The van der Waals surface area contributed by atoms with Gasteiger partial charge in [0.1, 0.15) is 0 Å². The van der Waals surface area contributed by atoms with Gasteiger partial charge in [-0.05, 0) is 32.8 Å². The van der Waals surface area contributed by atoms with Gasteiger partial charge in [0.05, 0.1) is 11.8 Å². The lowest BCUT2D eigenvalue weighted by Gasteiger charge is -2.18. The number of fused-ring (bicyclic) bond motifs is 1. The maximum Gasteiger partial charge on any atom is 0.340 e. The number of nitrogens with zero attached hydrogens (tertiary/aromatic N) is 3. The van der Waals surface area contributed by atoms with Crippen LogP contribution in [0.2, 0.25) is 0 Å². The van der Waals surface area contributed by atoms with Gasteiger partial charge in [0, 0.05) is 29.2 Å². The number of hydrogen-bond donors (Lipinski definition) is 1. The van der Waals surface area contributed by atoms with E-state index in [1.54, 1.807) is 29.1 Å². The minimum Gasteiger partial charge on any atom is -0.444 e.